The van der Waals surface area contributed by atoms with Crippen LogP contribution < -0.4 is 16.0 Å². The van der Waals surface area contributed by atoms with Crippen molar-refractivity contribution in [2.75, 3.05) is 27.2 Å². The maximum Gasteiger partial charge on any atom is 0.249 e. The average Bonchev–Trinajstić information content (AvgIpc) is 2.89. The molecule has 0 aromatic heterocycles. The first-order chi connectivity index (χ1) is 10.3. The second kappa shape index (κ2) is 8.85. The number of hydrogen-bond donors (Lipinski definition) is 3. The van der Waals surface area contributed by atoms with Gasteiger partial charge in [0.15, 0.2) is 0 Å². The van der Waals surface area contributed by atoms with Gasteiger partial charge in [-0.15, -0.1) is 0 Å². The van der Waals surface area contributed by atoms with E-state index in [4.69, 9.17) is 0 Å². The lowest BCUT2D eigenvalue weighted by Gasteiger charge is -2.22. The summed E-state index contributed by atoms with van der Waals surface area (Å²) >= 11 is 0. The number of nitrogens with zero attached hydrogens (tertiary/aromatic N) is 1. The van der Waals surface area contributed by atoms with E-state index in [2.05, 4.69) is 16.0 Å². The number of carbonyl (C=O) groups excluding carboxylic acids is 3. The lowest BCUT2D eigenvalue weighted by Crippen LogP contribution is -2.53. The molecular weight excluding hydrogens is 284 g/mol. The molecule has 0 spiro atoms. The Morgan fingerprint density at radius 2 is 1.95 bits per heavy atom. The van der Waals surface area contributed by atoms with Gasteiger partial charge < -0.3 is 15.5 Å². The van der Waals surface area contributed by atoms with Crippen molar-refractivity contribution in [2.24, 2.45) is 5.92 Å². The Hall–Kier alpha value is -1.47. The minimum Gasteiger partial charge on any atom is -0.343 e. The molecule has 0 bridgehead atoms. The van der Waals surface area contributed by atoms with Crippen LogP contribution in [0.5, 0.6) is 0 Å². The smallest absolute Gasteiger partial charge is 0.249 e. The highest BCUT2D eigenvalue weighted by Gasteiger charge is 2.28. The fourth-order valence-corrected chi connectivity index (χ4v) is 2.43. The van der Waals surface area contributed by atoms with Gasteiger partial charge in [-0.25, -0.2) is 0 Å². The number of carbonyl (C=O) groups is 3. The molecule has 7 nitrogen and oxygen atoms in total. The van der Waals surface area contributed by atoms with E-state index in [1.807, 2.05) is 13.8 Å². The molecule has 0 aliphatic carbocycles. The third kappa shape index (κ3) is 6.53. The van der Waals surface area contributed by atoms with Gasteiger partial charge in [-0.05, 0) is 45.8 Å². The second-order valence-corrected chi connectivity index (χ2v) is 6.49. The number of hydrogen-bond acceptors (Lipinski definition) is 5. The molecule has 1 rings (SSSR count). The van der Waals surface area contributed by atoms with E-state index < -0.39 is 11.9 Å². The molecule has 1 saturated heterocycles. The molecule has 1 fully saturated rings. The van der Waals surface area contributed by atoms with Crippen LogP contribution in [0.2, 0.25) is 0 Å². The molecule has 126 valence electrons. The third-order valence-electron chi connectivity index (χ3n) is 3.44. The quantitative estimate of drug-likeness (QED) is 0.588. The summed E-state index contributed by atoms with van der Waals surface area (Å²) in [6.07, 6.45) is 2.24. The van der Waals surface area contributed by atoms with Crippen LogP contribution in [0, 0.1) is 5.92 Å². The Kier molecular flexibility index (Phi) is 7.47. The molecule has 2 atom stereocenters. The zero-order valence-electron chi connectivity index (χ0n) is 13.9. The van der Waals surface area contributed by atoms with Gasteiger partial charge in [-0.2, -0.15) is 0 Å². The van der Waals surface area contributed by atoms with Crippen molar-refractivity contribution in [1.82, 2.24) is 20.9 Å². The van der Waals surface area contributed by atoms with Crippen molar-refractivity contribution in [3.63, 3.8) is 0 Å². The van der Waals surface area contributed by atoms with Crippen LogP contribution in [0.4, 0.5) is 0 Å². The molecule has 1 heterocycles. The van der Waals surface area contributed by atoms with Crippen LogP contribution in [-0.4, -0.2) is 61.9 Å². The Morgan fingerprint density at radius 1 is 1.27 bits per heavy atom. The molecule has 0 aromatic carbocycles. The van der Waals surface area contributed by atoms with E-state index >= 15 is 0 Å². The first-order valence-corrected chi connectivity index (χ1v) is 7.81. The first kappa shape index (κ1) is 18.6. The molecule has 7 heteroatoms. The predicted octanol–water partition coefficient (Wildman–Crippen LogP) is -0.526. The van der Waals surface area contributed by atoms with Gasteiger partial charge in [0, 0.05) is 0 Å². The Balaban J connectivity index is 2.60. The van der Waals surface area contributed by atoms with Crippen molar-refractivity contribution in [1.29, 1.82) is 0 Å². The highest BCUT2D eigenvalue weighted by atomic mass is 16.2. The minimum absolute atomic E-state index is 0.137. The van der Waals surface area contributed by atoms with E-state index in [0.29, 0.717) is 6.42 Å². The Bertz CT molecular complexity index is 404. The molecule has 1 aliphatic rings. The van der Waals surface area contributed by atoms with Gasteiger partial charge in [-0.3, -0.25) is 19.7 Å². The summed E-state index contributed by atoms with van der Waals surface area (Å²) in [7, 11) is 3.51. The summed E-state index contributed by atoms with van der Waals surface area (Å²) in [4.78, 5) is 37.8. The topological polar surface area (TPSA) is 90.5 Å². The summed E-state index contributed by atoms with van der Waals surface area (Å²) in [5, 5.41) is 8.23. The zero-order valence-corrected chi connectivity index (χ0v) is 13.9. The fourth-order valence-electron chi connectivity index (χ4n) is 2.43. The molecule has 22 heavy (non-hydrogen) atoms. The number of amides is 3. The fraction of sp³-hybridized carbons (Fsp3) is 0.800. The van der Waals surface area contributed by atoms with E-state index in [9.17, 15) is 14.4 Å². The largest absolute Gasteiger partial charge is 0.343 e. The molecule has 0 unspecified atom stereocenters. The van der Waals surface area contributed by atoms with Gasteiger partial charge in [0.1, 0.15) is 6.04 Å². The molecule has 0 aromatic rings. The Labute approximate surface area is 132 Å². The van der Waals surface area contributed by atoms with Crippen LogP contribution in [0.1, 0.15) is 33.1 Å². The summed E-state index contributed by atoms with van der Waals surface area (Å²) in [6.45, 7) is 4.91. The van der Waals surface area contributed by atoms with E-state index in [0.717, 1.165) is 19.4 Å². The molecule has 1 aliphatic heterocycles. The van der Waals surface area contributed by atoms with E-state index in [1.54, 1.807) is 19.0 Å². The molecule has 3 amide bonds. The van der Waals surface area contributed by atoms with Crippen LogP contribution in [-0.2, 0) is 14.4 Å². The van der Waals surface area contributed by atoms with Crippen molar-refractivity contribution >= 4 is 17.7 Å². The highest BCUT2D eigenvalue weighted by Crippen LogP contribution is 2.08. The SMILES string of the molecule is CC(C)C[C@H](NC(=O)[C@@H]1CCCN1)C(=O)NC(=O)CN(C)C. The molecule has 0 saturated carbocycles. The molecule has 3 N–H and O–H groups in total. The maximum atomic E-state index is 12.2. The average molecular weight is 312 g/mol. The Morgan fingerprint density at radius 3 is 2.45 bits per heavy atom. The number of nitrogens with one attached hydrogen (secondary N) is 3. The zero-order chi connectivity index (χ0) is 16.7. The van der Waals surface area contributed by atoms with Gasteiger partial charge in [0.2, 0.25) is 17.7 Å². The van der Waals surface area contributed by atoms with Gasteiger partial charge in [-0.1, -0.05) is 13.8 Å². The summed E-state index contributed by atoms with van der Waals surface area (Å²) in [6, 6.07) is -0.916. The van der Waals surface area contributed by atoms with Crippen LogP contribution in [0.15, 0.2) is 0 Å². The minimum atomic E-state index is -0.680. The van der Waals surface area contributed by atoms with Crippen LogP contribution in [0.3, 0.4) is 0 Å². The van der Waals surface area contributed by atoms with Crippen LogP contribution in [0.25, 0.3) is 0 Å². The van der Waals surface area contributed by atoms with Crippen LogP contribution >= 0.6 is 0 Å². The third-order valence-corrected chi connectivity index (χ3v) is 3.44. The maximum absolute atomic E-state index is 12.2. The van der Waals surface area contributed by atoms with Crippen molar-refractivity contribution in [3.8, 4) is 0 Å². The highest BCUT2D eigenvalue weighted by molar-refractivity contribution is 6.00. The summed E-state index contributed by atoms with van der Waals surface area (Å²) in [5.41, 5.74) is 0. The lowest BCUT2D eigenvalue weighted by molar-refractivity contribution is -0.135. The van der Waals surface area contributed by atoms with E-state index in [1.165, 1.54) is 0 Å². The normalized spacial score (nSPS) is 19.3. The van der Waals surface area contributed by atoms with Crippen molar-refractivity contribution in [3.05, 3.63) is 0 Å². The number of likely N-dealkylation sites (N-methyl/N-ethyl adjacent to an activating group) is 1. The monoisotopic (exact) mass is 312 g/mol. The second-order valence-electron chi connectivity index (χ2n) is 6.49. The van der Waals surface area contributed by atoms with Crippen molar-refractivity contribution < 1.29 is 14.4 Å². The summed E-state index contributed by atoms with van der Waals surface area (Å²) < 4.78 is 0. The molecule has 0 radical (unpaired) electrons. The van der Waals surface area contributed by atoms with E-state index in [-0.39, 0.29) is 30.3 Å². The lowest BCUT2D eigenvalue weighted by atomic mass is 10.0. The first-order valence-electron chi connectivity index (χ1n) is 7.81. The molecular formula is C15H28N4O3. The standard InChI is InChI=1S/C15H28N4O3/c1-10(2)8-12(15(22)18-13(20)9-19(3)4)17-14(21)11-6-5-7-16-11/h10-12,16H,5-9H2,1-4H3,(H,17,21)(H,18,20,22)/t11-,12-/m0/s1. The van der Waals surface area contributed by atoms with Crippen molar-refractivity contribution in [2.45, 2.75) is 45.2 Å². The van der Waals surface area contributed by atoms with Gasteiger partial charge in [0.05, 0.1) is 12.6 Å². The van der Waals surface area contributed by atoms with Gasteiger partial charge >= 0.3 is 0 Å². The predicted molar refractivity (Wildman–Crippen MR) is 84.1 cm³/mol. The van der Waals surface area contributed by atoms with Gasteiger partial charge in [0.25, 0.3) is 0 Å². The number of imide groups is 1. The number of rotatable bonds is 7. The summed E-state index contributed by atoms with van der Waals surface area (Å²) in [5.74, 6) is -0.737.